The van der Waals surface area contributed by atoms with Crippen molar-refractivity contribution in [3.8, 4) is 0 Å². The van der Waals surface area contributed by atoms with Gasteiger partial charge in [-0.25, -0.2) is 4.99 Å². The van der Waals surface area contributed by atoms with E-state index in [-0.39, 0.29) is 6.54 Å². The van der Waals surface area contributed by atoms with Crippen LogP contribution in [0.5, 0.6) is 0 Å². The van der Waals surface area contributed by atoms with Gasteiger partial charge in [0.1, 0.15) is 0 Å². The number of hydrogen-bond acceptors (Lipinski definition) is 3. The van der Waals surface area contributed by atoms with Gasteiger partial charge in [0.05, 0.1) is 12.3 Å². The number of nitrogens with zero attached hydrogens (tertiary/aromatic N) is 2. The second kappa shape index (κ2) is 3.62. The van der Waals surface area contributed by atoms with Crippen molar-refractivity contribution in [3.05, 3.63) is 29.8 Å². The van der Waals surface area contributed by atoms with E-state index in [4.69, 9.17) is 5.73 Å². The third-order valence-electron chi connectivity index (χ3n) is 2.12. The number of nitrogens with two attached hydrogens (primary N) is 1. The fourth-order valence-corrected chi connectivity index (χ4v) is 1.33. The van der Waals surface area contributed by atoms with Crippen molar-refractivity contribution in [1.29, 1.82) is 0 Å². The fourth-order valence-electron chi connectivity index (χ4n) is 1.33. The van der Waals surface area contributed by atoms with E-state index in [1.807, 2.05) is 0 Å². The minimum atomic E-state index is -4.48. The Bertz CT molecular complexity index is 457. The molecule has 0 fully saturated rings. The first-order chi connectivity index (χ1) is 7.47. The highest BCUT2D eigenvalue weighted by atomic mass is 19.4. The number of anilines is 1. The van der Waals surface area contributed by atoms with E-state index in [9.17, 15) is 13.2 Å². The van der Waals surface area contributed by atoms with Crippen molar-refractivity contribution >= 4 is 17.2 Å². The third kappa shape index (κ3) is 2.05. The molecule has 0 bridgehead atoms. The smallest absolute Gasteiger partial charge is 0.399 e. The van der Waals surface area contributed by atoms with Gasteiger partial charge in [0, 0.05) is 5.69 Å². The van der Waals surface area contributed by atoms with Crippen LogP contribution in [0.3, 0.4) is 0 Å². The molecule has 1 aromatic carbocycles. The molecule has 0 amide bonds. The van der Waals surface area contributed by atoms with Crippen LogP contribution in [0.1, 0.15) is 5.56 Å². The molecule has 2 rings (SSSR count). The van der Waals surface area contributed by atoms with E-state index in [1.165, 1.54) is 0 Å². The minimum absolute atomic E-state index is 0.0429. The first-order valence-corrected chi connectivity index (χ1v) is 4.52. The van der Waals surface area contributed by atoms with Crippen LogP contribution in [0.25, 0.3) is 0 Å². The van der Waals surface area contributed by atoms with Gasteiger partial charge in [0.25, 0.3) is 0 Å². The average Bonchev–Trinajstić information content (AvgIpc) is 2.67. The van der Waals surface area contributed by atoms with Crippen LogP contribution in [0.2, 0.25) is 0 Å². The zero-order chi connectivity index (χ0) is 11.8. The lowest BCUT2D eigenvalue weighted by Gasteiger charge is -2.01. The molecule has 0 aliphatic carbocycles. The third-order valence-corrected chi connectivity index (χ3v) is 2.12. The summed E-state index contributed by atoms with van der Waals surface area (Å²) in [4.78, 5) is 6.80. The number of halogens is 3. The van der Waals surface area contributed by atoms with Crippen LogP contribution >= 0.6 is 0 Å². The Balaban J connectivity index is 2.24. The van der Waals surface area contributed by atoms with Crippen molar-refractivity contribution in [3.63, 3.8) is 0 Å². The van der Waals surface area contributed by atoms with E-state index >= 15 is 0 Å². The highest BCUT2D eigenvalue weighted by molar-refractivity contribution is 6.13. The van der Waals surface area contributed by atoms with Crippen LogP contribution in [-0.2, 0) is 0 Å². The largest absolute Gasteiger partial charge is 0.451 e. The summed E-state index contributed by atoms with van der Waals surface area (Å²) in [7, 11) is 0. The van der Waals surface area contributed by atoms with Gasteiger partial charge in [-0.05, 0) is 17.7 Å². The molecule has 6 heteroatoms. The minimum Gasteiger partial charge on any atom is -0.399 e. The van der Waals surface area contributed by atoms with Crippen molar-refractivity contribution in [2.24, 2.45) is 9.98 Å². The van der Waals surface area contributed by atoms with Crippen LogP contribution in [-0.4, -0.2) is 24.3 Å². The molecular formula is C10H8F3N3. The van der Waals surface area contributed by atoms with Gasteiger partial charge in [0.2, 0.25) is 5.84 Å². The predicted octanol–water partition coefficient (Wildman–Crippen LogP) is 2.03. The zero-order valence-electron chi connectivity index (χ0n) is 8.12. The summed E-state index contributed by atoms with van der Waals surface area (Å²) < 4.78 is 36.8. The monoisotopic (exact) mass is 227 g/mol. The Morgan fingerprint density at radius 2 is 1.75 bits per heavy atom. The highest BCUT2D eigenvalue weighted by Gasteiger charge is 2.38. The maximum absolute atomic E-state index is 12.3. The molecule has 0 radical (unpaired) electrons. The van der Waals surface area contributed by atoms with Crippen LogP contribution in [0, 0.1) is 0 Å². The average molecular weight is 227 g/mol. The molecular weight excluding hydrogens is 219 g/mol. The molecule has 3 nitrogen and oxygen atoms in total. The molecule has 0 spiro atoms. The number of aliphatic imine (C=N–C) groups is 2. The quantitative estimate of drug-likeness (QED) is 0.733. The van der Waals surface area contributed by atoms with Gasteiger partial charge in [-0.2, -0.15) is 13.2 Å². The Kier molecular flexibility index (Phi) is 2.41. The van der Waals surface area contributed by atoms with Crippen molar-refractivity contribution in [1.82, 2.24) is 0 Å². The maximum atomic E-state index is 12.3. The summed E-state index contributed by atoms with van der Waals surface area (Å²) in [5, 5.41) is 0. The van der Waals surface area contributed by atoms with Gasteiger partial charge in [-0.1, -0.05) is 12.1 Å². The Morgan fingerprint density at radius 1 is 1.12 bits per heavy atom. The summed E-state index contributed by atoms with van der Waals surface area (Å²) in [6.45, 7) is -0.0429. The predicted molar refractivity (Wildman–Crippen MR) is 55.7 cm³/mol. The molecule has 0 aromatic heterocycles. The van der Waals surface area contributed by atoms with E-state index in [0.717, 1.165) is 0 Å². The lowest BCUT2D eigenvalue weighted by Crippen LogP contribution is -2.19. The standard InChI is InChI=1S/C10H8F3N3/c11-10(12,13)9-15-5-8(16-9)6-1-3-7(14)4-2-6/h1-4H,5,14H2. The number of alkyl halides is 3. The number of hydrogen-bond donors (Lipinski definition) is 1. The molecule has 0 unspecified atom stereocenters. The van der Waals surface area contributed by atoms with Crippen LogP contribution in [0.15, 0.2) is 34.3 Å². The summed E-state index contributed by atoms with van der Waals surface area (Å²) in [5.41, 5.74) is 6.95. The van der Waals surface area contributed by atoms with Crippen molar-refractivity contribution < 1.29 is 13.2 Å². The van der Waals surface area contributed by atoms with E-state index in [2.05, 4.69) is 9.98 Å². The van der Waals surface area contributed by atoms with Gasteiger partial charge >= 0.3 is 6.18 Å². The molecule has 0 saturated heterocycles. The summed E-state index contributed by atoms with van der Waals surface area (Å²) >= 11 is 0. The zero-order valence-corrected chi connectivity index (χ0v) is 8.12. The Morgan fingerprint density at radius 3 is 2.25 bits per heavy atom. The topological polar surface area (TPSA) is 50.7 Å². The number of rotatable bonds is 1. The van der Waals surface area contributed by atoms with Crippen molar-refractivity contribution in [2.45, 2.75) is 6.18 Å². The van der Waals surface area contributed by atoms with Gasteiger partial charge < -0.3 is 5.73 Å². The van der Waals surface area contributed by atoms with Gasteiger partial charge in [0.15, 0.2) is 0 Å². The fraction of sp³-hybridized carbons (Fsp3) is 0.200. The lowest BCUT2D eigenvalue weighted by atomic mass is 10.1. The SMILES string of the molecule is Nc1ccc(C2=NC(C(F)(F)F)=NC2)cc1. The van der Waals surface area contributed by atoms with Gasteiger partial charge in [-0.15, -0.1) is 0 Å². The molecule has 16 heavy (non-hydrogen) atoms. The molecule has 0 atom stereocenters. The van der Waals surface area contributed by atoms with Gasteiger partial charge in [-0.3, -0.25) is 4.99 Å². The number of benzene rings is 1. The summed E-state index contributed by atoms with van der Waals surface area (Å²) in [5.74, 6) is -1.07. The number of amidine groups is 1. The van der Waals surface area contributed by atoms with E-state index < -0.39 is 12.0 Å². The lowest BCUT2D eigenvalue weighted by molar-refractivity contribution is -0.0595. The summed E-state index contributed by atoms with van der Waals surface area (Å²) in [6, 6.07) is 6.48. The van der Waals surface area contributed by atoms with Crippen LogP contribution < -0.4 is 5.73 Å². The first kappa shape index (κ1) is 10.7. The molecule has 1 aliphatic heterocycles. The summed E-state index contributed by atoms with van der Waals surface area (Å²) in [6.07, 6.45) is -4.48. The second-order valence-electron chi connectivity index (χ2n) is 3.32. The Hall–Kier alpha value is -1.85. The highest BCUT2D eigenvalue weighted by Crippen LogP contribution is 2.22. The normalized spacial score (nSPS) is 15.9. The first-order valence-electron chi connectivity index (χ1n) is 4.52. The molecule has 1 aromatic rings. The second-order valence-corrected chi connectivity index (χ2v) is 3.32. The van der Waals surface area contributed by atoms with Crippen molar-refractivity contribution in [2.75, 3.05) is 12.3 Å². The number of nitrogen functional groups attached to an aromatic ring is 1. The molecule has 0 saturated carbocycles. The maximum Gasteiger partial charge on any atom is 0.451 e. The molecule has 1 aliphatic rings. The van der Waals surface area contributed by atoms with E-state index in [1.54, 1.807) is 24.3 Å². The van der Waals surface area contributed by atoms with Crippen LogP contribution in [0.4, 0.5) is 18.9 Å². The van der Waals surface area contributed by atoms with E-state index in [0.29, 0.717) is 17.0 Å². The molecule has 84 valence electrons. The molecule has 2 N–H and O–H groups in total. The Labute approximate surface area is 89.5 Å². The molecule has 1 heterocycles.